The van der Waals surface area contributed by atoms with E-state index < -0.39 is 5.97 Å². The molecule has 2 aliphatic heterocycles. The summed E-state index contributed by atoms with van der Waals surface area (Å²) in [6.07, 6.45) is 2.81. The maximum Gasteiger partial charge on any atom is 0.317 e. The van der Waals surface area contributed by atoms with E-state index in [1.54, 1.807) is 0 Å². The van der Waals surface area contributed by atoms with Crippen molar-refractivity contribution in [3.8, 4) is 0 Å². The molecule has 1 aromatic rings. The number of halogens is 1. The fraction of sp³-hybridized carbons (Fsp3) is 0.526. The summed E-state index contributed by atoms with van der Waals surface area (Å²) in [5.41, 5.74) is 2.20. The highest BCUT2D eigenvalue weighted by atomic mass is 35.5. The number of carbonyl (C=O) groups is 3. The highest BCUT2D eigenvalue weighted by Gasteiger charge is 2.30. The number of likely N-dealkylation sites (N-methyl/N-ethyl adjacent to an activating group) is 1. The molecule has 27 heavy (non-hydrogen) atoms. The van der Waals surface area contributed by atoms with Crippen molar-refractivity contribution in [2.45, 2.75) is 37.6 Å². The summed E-state index contributed by atoms with van der Waals surface area (Å²) in [6, 6.07) is 7.90. The molecular formula is C19H26ClN3O4. The van der Waals surface area contributed by atoms with Gasteiger partial charge in [0.2, 0.25) is 11.8 Å². The van der Waals surface area contributed by atoms with Crippen molar-refractivity contribution in [3.05, 3.63) is 29.8 Å². The Hall–Kier alpha value is -2.12. The molecule has 0 radical (unpaired) electrons. The number of imide groups is 1. The van der Waals surface area contributed by atoms with Crippen LogP contribution in [0, 0.1) is 0 Å². The molecule has 0 aliphatic carbocycles. The molecule has 2 amide bonds. The molecule has 0 aromatic heterocycles. The number of carboxylic acids is 1. The maximum absolute atomic E-state index is 12.0. The van der Waals surface area contributed by atoms with Crippen molar-refractivity contribution < 1.29 is 19.5 Å². The van der Waals surface area contributed by atoms with Crippen LogP contribution in [0.4, 0.5) is 5.69 Å². The monoisotopic (exact) mass is 395 g/mol. The normalized spacial score (nSPS) is 21.3. The zero-order valence-electron chi connectivity index (χ0n) is 15.4. The summed E-state index contributed by atoms with van der Waals surface area (Å²) in [5, 5.41) is 11.3. The molecular weight excluding hydrogens is 370 g/mol. The van der Waals surface area contributed by atoms with Crippen molar-refractivity contribution in [3.63, 3.8) is 0 Å². The Balaban J connectivity index is 0.00000261. The van der Waals surface area contributed by atoms with Gasteiger partial charge in [0.05, 0.1) is 6.54 Å². The zero-order valence-corrected chi connectivity index (χ0v) is 16.2. The van der Waals surface area contributed by atoms with E-state index in [0.717, 1.165) is 31.6 Å². The molecule has 2 heterocycles. The number of benzene rings is 1. The van der Waals surface area contributed by atoms with Gasteiger partial charge in [-0.05, 0) is 56.0 Å². The molecule has 2 aliphatic rings. The van der Waals surface area contributed by atoms with E-state index in [1.807, 2.05) is 29.0 Å². The van der Waals surface area contributed by atoms with Gasteiger partial charge in [-0.15, -0.1) is 12.4 Å². The first kappa shape index (κ1) is 21.2. The minimum absolute atomic E-state index is 0. The van der Waals surface area contributed by atoms with Crippen molar-refractivity contribution in [1.29, 1.82) is 0 Å². The van der Waals surface area contributed by atoms with Crippen LogP contribution < -0.4 is 10.2 Å². The first-order chi connectivity index (χ1) is 12.4. The number of carbonyl (C=O) groups excluding carboxylic acids is 2. The smallest absolute Gasteiger partial charge is 0.317 e. The number of carboxylic acid groups (broad SMARTS) is 1. The van der Waals surface area contributed by atoms with Crippen LogP contribution in [0.1, 0.15) is 37.2 Å². The number of likely N-dealkylation sites (tertiary alicyclic amines) is 1. The summed E-state index contributed by atoms with van der Waals surface area (Å²) in [5.74, 6) is -0.776. The van der Waals surface area contributed by atoms with E-state index in [0.29, 0.717) is 18.8 Å². The molecule has 7 nitrogen and oxygen atoms in total. The van der Waals surface area contributed by atoms with Crippen molar-refractivity contribution in [1.82, 2.24) is 10.2 Å². The first-order valence-corrected chi connectivity index (χ1v) is 9.04. The molecule has 0 spiro atoms. The van der Waals surface area contributed by atoms with E-state index in [4.69, 9.17) is 5.11 Å². The van der Waals surface area contributed by atoms with Crippen molar-refractivity contribution >= 4 is 35.9 Å². The Morgan fingerprint density at radius 2 is 1.81 bits per heavy atom. The lowest BCUT2D eigenvalue weighted by Gasteiger charge is -2.33. The zero-order chi connectivity index (χ0) is 18.7. The Morgan fingerprint density at radius 3 is 2.37 bits per heavy atom. The van der Waals surface area contributed by atoms with Crippen LogP contribution in [0.25, 0.3) is 0 Å². The molecule has 2 saturated heterocycles. The molecule has 3 rings (SSSR count). The Morgan fingerprint density at radius 1 is 1.19 bits per heavy atom. The number of rotatable bonds is 5. The second kappa shape index (κ2) is 9.19. The average Bonchev–Trinajstić information content (AvgIpc) is 2.61. The van der Waals surface area contributed by atoms with E-state index in [2.05, 4.69) is 17.4 Å². The molecule has 0 saturated carbocycles. The van der Waals surface area contributed by atoms with E-state index >= 15 is 0 Å². The summed E-state index contributed by atoms with van der Waals surface area (Å²) < 4.78 is 0. The number of nitrogens with zero attached hydrogens (tertiary/aromatic N) is 2. The van der Waals surface area contributed by atoms with Gasteiger partial charge in [0, 0.05) is 19.2 Å². The summed E-state index contributed by atoms with van der Waals surface area (Å²) in [7, 11) is 1.87. The van der Waals surface area contributed by atoms with Gasteiger partial charge in [0.15, 0.2) is 0 Å². The average molecular weight is 396 g/mol. The fourth-order valence-corrected chi connectivity index (χ4v) is 3.83. The number of hydrogen-bond donors (Lipinski definition) is 2. The molecule has 2 N–H and O–H groups in total. The molecule has 148 valence electrons. The van der Waals surface area contributed by atoms with Crippen molar-refractivity contribution in [2.75, 3.05) is 31.6 Å². The SMILES string of the molecule is CN(c1ccc(C2CCN(CC(=O)O)CC2)cc1)C1CCC(=O)NC1=O.Cl. The van der Waals surface area contributed by atoms with Crippen molar-refractivity contribution in [2.24, 2.45) is 0 Å². The molecule has 1 aromatic carbocycles. The number of amides is 2. The topological polar surface area (TPSA) is 89.9 Å². The van der Waals surface area contributed by atoms with E-state index in [-0.39, 0.29) is 36.8 Å². The third kappa shape index (κ3) is 5.20. The van der Waals surface area contributed by atoms with Crippen LogP contribution in [-0.2, 0) is 14.4 Å². The number of aliphatic carboxylic acids is 1. The number of piperidine rings is 2. The third-order valence-electron chi connectivity index (χ3n) is 5.40. The summed E-state index contributed by atoms with van der Waals surface area (Å²) in [6.45, 7) is 1.71. The Kier molecular flexibility index (Phi) is 7.21. The first-order valence-electron chi connectivity index (χ1n) is 9.04. The van der Waals surface area contributed by atoms with E-state index in [9.17, 15) is 14.4 Å². The minimum atomic E-state index is -0.774. The standard InChI is InChI=1S/C19H25N3O4.ClH/c1-21(16-6-7-17(23)20-19(16)26)15-4-2-13(3-5-15)14-8-10-22(11-9-14)12-18(24)25;/h2-5,14,16H,6-12H2,1H3,(H,24,25)(H,20,23,26);1H. The van der Waals surface area contributed by atoms with Crippen LogP contribution in [0.5, 0.6) is 0 Å². The fourth-order valence-electron chi connectivity index (χ4n) is 3.83. The van der Waals surface area contributed by atoms with Gasteiger partial charge in [-0.25, -0.2) is 0 Å². The summed E-state index contributed by atoms with van der Waals surface area (Å²) >= 11 is 0. The highest BCUT2D eigenvalue weighted by molar-refractivity contribution is 6.01. The summed E-state index contributed by atoms with van der Waals surface area (Å²) in [4.78, 5) is 38.0. The number of nitrogens with one attached hydrogen (secondary N) is 1. The third-order valence-corrected chi connectivity index (χ3v) is 5.40. The lowest BCUT2D eigenvalue weighted by Crippen LogP contribution is -2.51. The van der Waals surface area contributed by atoms with Crippen LogP contribution >= 0.6 is 12.4 Å². The molecule has 1 unspecified atom stereocenters. The second-order valence-corrected chi connectivity index (χ2v) is 7.11. The van der Waals surface area contributed by atoms with Gasteiger partial charge in [-0.1, -0.05) is 12.1 Å². The molecule has 1 atom stereocenters. The second-order valence-electron chi connectivity index (χ2n) is 7.11. The van der Waals surface area contributed by atoms with Gasteiger partial charge in [-0.2, -0.15) is 0 Å². The van der Waals surface area contributed by atoms with Crippen LogP contribution in [0.15, 0.2) is 24.3 Å². The van der Waals surface area contributed by atoms with Gasteiger partial charge in [0.25, 0.3) is 0 Å². The molecule has 8 heteroatoms. The van der Waals surface area contributed by atoms with Gasteiger partial charge in [0.1, 0.15) is 6.04 Å². The van der Waals surface area contributed by atoms with Crippen LogP contribution in [0.2, 0.25) is 0 Å². The Bertz CT molecular complexity index is 687. The lowest BCUT2D eigenvalue weighted by atomic mass is 9.89. The largest absolute Gasteiger partial charge is 0.480 e. The lowest BCUT2D eigenvalue weighted by molar-refractivity contribution is -0.138. The predicted molar refractivity (Wildman–Crippen MR) is 104 cm³/mol. The predicted octanol–water partition coefficient (Wildman–Crippen LogP) is 1.61. The maximum atomic E-state index is 12.0. The van der Waals surface area contributed by atoms with Crippen LogP contribution in [0.3, 0.4) is 0 Å². The van der Waals surface area contributed by atoms with Gasteiger partial charge >= 0.3 is 5.97 Å². The van der Waals surface area contributed by atoms with Gasteiger partial charge < -0.3 is 10.0 Å². The van der Waals surface area contributed by atoms with Gasteiger partial charge in [-0.3, -0.25) is 24.6 Å². The minimum Gasteiger partial charge on any atom is -0.480 e. The number of anilines is 1. The molecule has 2 fully saturated rings. The van der Waals surface area contributed by atoms with E-state index in [1.165, 1.54) is 5.56 Å². The quantitative estimate of drug-likeness (QED) is 0.736. The molecule has 0 bridgehead atoms. The Labute approximate surface area is 165 Å². The number of hydrogen-bond acceptors (Lipinski definition) is 5. The van der Waals surface area contributed by atoms with Crippen LogP contribution in [-0.4, -0.2) is 60.5 Å². The highest BCUT2D eigenvalue weighted by Crippen LogP contribution is 2.30.